The molecule has 2 aromatic heterocycles. The second kappa shape index (κ2) is 9.38. The topological polar surface area (TPSA) is 59.2 Å². The monoisotopic (exact) mass is 500 g/mol. The van der Waals surface area contributed by atoms with E-state index in [4.69, 9.17) is 0 Å². The molecule has 0 bridgehead atoms. The zero-order valence-electron chi connectivity index (χ0n) is 20.8. The number of aromatic nitrogens is 4. The Balaban J connectivity index is 1.58. The number of halogens is 3. The van der Waals surface area contributed by atoms with Gasteiger partial charge in [-0.1, -0.05) is 6.42 Å². The molecular formula is C26H31F3N6O. The fourth-order valence-corrected chi connectivity index (χ4v) is 5.51. The molecule has 2 aliphatic heterocycles. The number of likely N-dealkylation sites (tertiary alicyclic amines) is 1. The van der Waals surface area contributed by atoms with Gasteiger partial charge in [-0.3, -0.25) is 9.48 Å². The summed E-state index contributed by atoms with van der Waals surface area (Å²) >= 11 is 0. The first-order valence-electron chi connectivity index (χ1n) is 12.4. The zero-order chi connectivity index (χ0) is 25.6. The van der Waals surface area contributed by atoms with Gasteiger partial charge in [0.25, 0.3) is 5.91 Å². The lowest BCUT2D eigenvalue weighted by Crippen LogP contribution is -2.48. The van der Waals surface area contributed by atoms with Gasteiger partial charge in [-0.15, -0.1) is 0 Å². The minimum absolute atomic E-state index is 0.0127. The third-order valence-corrected chi connectivity index (χ3v) is 7.48. The Morgan fingerprint density at radius 1 is 1.08 bits per heavy atom. The van der Waals surface area contributed by atoms with Crippen molar-refractivity contribution in [3.8, 4) is 11.1 Å². The number of nitrogens with zero attached hydrogens (tertiary/aromatic N) is 6. The summed E-state index contributed by atoms with van der Waals surface area (Å²) in [5.74, 6) is 0.679. The first-order valence-corrected chi connectivity index (χ1v) is 12.4. The zero-order valence-corrected chi connectivity index (χ0v) is 20.8. The van der Waals surface area contributed by atoms with E-state index in [2.05, 4.69) is 22.0 Å². The Kier molecular flexibility index (Phi) is 6.40. The normalized spacial score (nSPS) is 19.1. The number of hydrogen-bond acceptors (Lipinski definition) is 4. The largest absolute Gasteiger partial charge is 0.435 e. The van der Waals surface area contributed by atoms with E-state index >= 15 is 0 Å². The molecule has 5 rings (SSSR count). The number of alkyl halides is 3. The number of hydrogen-bond donors (Lipinski definition) is 0. The molecule has 0 aliphatic carbocycles. The molecule has 1 unspecified atom stereocenters. The first-order chi connectivity index (χ1) is 17.1. The van der Waals surface area contributed by atoms with Crippen molar-refractivity contribution in [2.75, 3.05) is 26.7 Å². The molecule has 7 nitrogen and oxygen atoms in total. The van der Waals surface area contributed by atoms with Gasteiger partial charge in [0.15, 0.2) is 5.69 Å². The van der Waals surface area contributed by atoms with Gasteiger partial charge in [-0.2, -0.15) is 18.3 Å². The van der Waals surface area contributed by atoms with Gasteiger partial charge >= 0.3 is 6.18 Å². The fraction of sp³-hybridized carbons (Fsp3) is 0.500. The van der Waals surface area contributed by atoms with Crippen LogP contribution in [0.15, 0.2) is 30.7 Å². The maximum Gasteiger partial charge on any atom is 0.435 e. The molecule has 1 fully saturated rings. The van der Waals surface area contributed by atoms with E-state index in [-0.39, 0.29) is 11.5 Å². The lowest BCUT2D eigenvalue weighted by atomic mass is 9.87. The maximum absolute atomic E-state index is 13.9. The second-order valence-electron chi connectivity index (χ2n) is 9.97. The van der Waals surface area contributed by atoms with Crippen LogP contribution in [0.2, 0.25) is 0 Å². The number of carbonyl (C=O) groups excluding carboxylic acids is 1. The summed E-state index contributed by atoms with van der Waals surface area (Å²) in [5, 5.41) is 3.72. The smallest absolute Gasteiger partial charge is 0.337 e. The fourth-order valence-electron chi connectivity index (χ4n) is 5.51. The molecule has 0 radical (unpaired) electrons. The van der Waals surface area contributed by atoms with Crippen LogP contribution in [0.1, 0.15) is 52.3 Å². The lowest BCUT2D eigenvalue weighted by molar-refractivity contribution is -0.140. The van der Waals surface area contributed by atoms with Crippen molar-refractivity contribution in [2.24, 2.45) is 7.05 Å². The predicted octanol–water partition coefficient (Wildman–Crippen LogP) is 4.14. The standard InChI is InChI=1S/C26H31F3N6O/c1-17-30-8-11-34(17)14-18-12-21(23-16-33(3)31-24(23)26(27,28)29)20-7-10-35(25(36)22(20)13-18)15-19-6-4-5-9-32(19)2/h8,11-13,16,19H,4-7,9-10,14-15H2,1-3H3. The van der Waals surface area contributed by atoms with Crippen LogP contribution in [0, 0.1) is 6.92 Å². The van der Waals surface area contributed by atoms with Gasteiger partial charge in [0, 0.05) is 62.4 Å². The number of likely N-dealkylation sites (N-methyl/N-ethyl adjacent to an activating group) is 1. The molecule has 4 heterocycles. The van der Waals surface area contributed by atoms with Crippen LogP contribution < -0.4 is 0 Å². The number of rotatable bonds is 5. The van der Waals surface area contributed by atoms with E-state index < -0.39 is 11.9 Å². The highest BCUT2D eigenvalue weighted by Gasteiger charge is 2.39. The quantitative estimate of drug-likeness (QED) is 0.529. The Bertz CT molecular complexity index is 1280. The van der Waals surface area contributed by atoms with Gasteiger partial charge in [-0.25, -0.2) is 4.98 Å². The van der Waals surface area contributed by atoms with E-state index in [1.54, 1.807) is 12.3 Å². The summed E-state index contributed by atoms with van der Waals surface area (Å²) in [5.41, 5.74) is 1.43. The molecule has 1 atom stereocenters. The Hall–Kier alpha value is -3.14. The van der Waals surface area contributed by atoms with Crippen molar-refractivity contribution in [2.45, 2.75) is 51.4 Å². The molecule has 36 heavy (non-hydrogen) atoms. The minimum Gasteiger partial charge on any atom is -0.337 e. The molecule has 192 valence electrons. The molecule has 2 aliphatic rings. The number of piperidine rings is 1. The molecule has 1 amide bonds. The van der Waals surface area contributed by atoms with Crippen molar-refractivity contribution in [1.29, 1.82) is 0 Å². The molecular weight excluding hydrogens is 469 g/mol. The van der Waals surface area contributed by atoms with Crippen LogP contribution in [0.25, 0.3) is 11.1 Å². The number of aryl methyl sites for hydroxylation is 2. The van der Waals surface area contributed by atoms with E-state index in [9.17, 15) is 18.0 Å². The van der Waals surface area contributed by atoms with E-state index in [1.165, 1.54) is 17.9 Å². The number of carbonyl (C=O) groups is 1. The predicted molar refractivity (Wildman–Crippen MR) is 130 cm³/mol. The van der Waals surface area contributed by atoms with E-state index in [0.717, 1.165) is 37.2 Å². The third-order valence-electron chi connectivity index (χ3n) is 7.48. The average Bonchev–Trinajstić information content (AvgIpc) is 3.42. The van der Waals surface area contributed by atoms with E-state index in [1.807, 2.05) is 28.7 Å². The molecule has 3 aromatic rings. The molecule has 0 spiro atoms. The van der Waals surface area contributed by atoms with Crippen LogP contribution in [0.4, 0.5) is 13.2 Å². The van der Waals surface area contributed by atoms with Crippen molar-refractivity contribution in [3.05, 3.63) is 58.9 Å². The molecule has 0 N–H and O–H groups in total. The second-order valence-corrected chi connectivity index (χ2v) is 9.97. The van der Waals surface area contributed by atoms with Crippen LogP contribution in [0.3, 0.4) is 0 Å². The van der Waals surface area contributed by atoms with Crippen LogP contribution in [-0.4, -0.2) is 67.8 Å². The summed E-state index contributed by atoms with van der Waals surface area (Å²) in [6, 6.07) is 3.93. The Morgan fingerprint density at radius 3 is 2.56 bits per heavy atom. The minimum atomic E-state index is -4.60. The van der Waals surface area contributed by atoms with Crippen molar-refractivity contribution in [3.63, 3.8) is 0 Å². The molecule has 10 heteroatoms. The van der Waals surface area contributed by atoms with Gasteiger partial charge in [-0.05, 0) is 68.6 Å². The summed E-state index contributed by atoms with van der Waals surface area (Å²) < 4.78 is 44.8. The Labute approximate surface area is 208 Å². The SMILES string of the molecule is Cc1nccn1Cc1cc2c(c(-c3cn(C)nc3C(F)(F)F)c1)CCN(CC1CCCCN1C)C2=O. The van der Waals surface area contributed by atoms with Gasteiger partial charge < -0.3 is 14.4 Å². The van der Waals surface area contributed by atoms with Crippen LogP contribution >= 0.6 is 0 Å². The van der Waals surface area contributed by atoms with Gasteiger partial charge in [0.2, 0.25) is 0 Å². The number of amides is 1. The molecule has 0 saturated carbocycles. The first kappa shape index (κ1) is 24.5. The average molecular weight is 501 g/mol. The summed E-state index contributed by atoms with van der Waals surface area (Å²) in [6.45, 7) is 4.42. The summed E-state index contributed by atoms with van der Waals surface area (Å²) in [7, 11) is 3.58. The van der Waals surface area contributed by atoms with Gasteiger partial charge in [0.1, 0.15) is 5.82 Å². The summed E-state index contributed by atoms with van der Waals surface area (Å²) in [4.78, 5) is 22.2. The van der Waals surface area contributed by atoms with E-state index in [0.29, 0.717) is 48.8 Å². The Morgan fingerprint density at radius 2 is 1.86 bits per heavy atom. The summed E-state index contributed by atoms with van der Waals surface area (Å²) in [6.07, 6.45) is 4.17. The molecule has 1 aromatic carbocycles. The van der Waals surface area contributed by atoms with Crippen molar-refractivity contribution < 1.29 is 18.0 Å². The number of fused-ring (bicyclic) bond motifs is 1. The number of benzene rings is 1. The van der Waals surface area contributed by atoms with Crippen molar-refractivity contribution in [1.82, 2.24) is 29.1 Å². The lowest BCUT2D eigenvalue weighted by Gasteiger charge is -2.38. The van der Waals surface area contributed by atoms with Crippen LogP contribution in [0.5, 0.6) is 0 Å². The number of imidazole rings is 1. The highest BCUT2D eigenvalue weighted by molar-refractivity contribution is 5.99. The highest BCUT2D eigenvalue weighted by atomic mass is 19.4. The molecule has 1 saturated heterocycles. The third kappa shape index (κ3) is 4.66. The maximum atomic E-state index is 13.9. The van der Waals surface area contributed by atoms with Crippen molar-refractivity contribution >= 4 is 5.91 Å². The highest BCUT2D eigenvalue weighted by Crippen LogP contribution is 2.40. The van der Waals surface area contributed by atoms with Crippen LogP contribution in [-0.2, 0) is 26.2 Å². The van der Waals surface area contributed by atoms with Gasteiger partial charge in [0.05, 0.1) is 0 Å².